The molecule has 1 aromatic rings. The number of primary sulfonamides is 1. The monoisotopic (exact) mass is 258 g/mol. The van der Waals surface area contributed by atoms with Crippen LogP contribution in [0, 0.1) is 10.1 Å². The number of nitrogens with zero attached hydrogens (tertiary/aromatic N) is 1. The lowest BCUT2D eigenvalue weighted by Gasteiger charge is -2.08. The highest BCUT2D eigenvalue weighted by Crippen LogP contribution is 2.33. The second-order valence-corrected chi connectivity index (χ2v) is 5.28. The van der Waals surface area contributed by atoms with Gasteiger partial charge in [0.25, 0.3) is 5.69 Å². The Morgan fingerprint density at radius 2 is 2.06 bits per heavy atom. The molecule has 0 radical (unpaired) electrons. The van der Waals surface area contributed by atoms with Crippen molar-refractivity contribution in [3.05, 3.63) is 28.3 Å². The summed E-state index contributed by atoms with van der Waals surface area (Å²) in [5.74, 6) is -0.0517. The van der Waals surface area contributed by atoms with Crippen LogP contribution in [-0.2, 0) is 10.0 Å². The molecule has 0 aromatic heterocycles. The molecule has 0 aliphatic heterocycles. The number of nitrogens with two attached hydrogens (primary N) is 1. The average molecular weight is 258 g/mol. The van der Waals surface area contributed by atoms with Gasteiger partial charge in [-0.1, -0.05) is 0 Å². The quantitative estimate of drug-likeness (QED) is 0.633. The van der Waals surface area contributed by atoms with Crippen molar-refractivity contribution in [2.45, 2.75) is 23.8 Å². The minimum Gasteiger partial charge on any atom is -0.489 e. The van der Waals surface area contributed by atoms with Gasteiger partial charge in [0.05, 0.1) is 17.1 Å². The summed E-state index contributed by atoms with van der Waals surface area (Å²) >= 11 is 0. The highest BCUT2D eigenvalue weighted by molar-refractivity contribution is 7.89. The van der Waals surface area contributed by atoms with Gasteiger partial charge in [0.1, 0.15) is 10.6 Å². The zero-order valence-electron chi connectivity index (χ0n) is 8.70. The Hall–Kier alpha value is -1.67. The SMILES string of the molecule is NS(=O)(=O)c1ccc([N+](=O)[O-])cc1OC1CC1. The fourth-order valence-corrected chi connectivity index (χ4v) is 1.95. The molecule has 0 saturated heterocycles. The van der Waals surface area contributed by atoms with E-state index in [0.29, 0.717) is 0 Å². The number of sulfonamides is 1. The standard InChI is InChI=1S/C9H10N2O5S/c10-17(14,15)9-4-1-6(11(12)13)5-8(9)16-7-2-3-7/h1,4-5,7H,2-3H2,(H2,10,14,15). The van der Waals surface area contributed by atoms with Crippen LogP contribution in [0.4, 0.5) is 5.69 Å². The van der Waals surface area contributed by atoms with Gasteiger partial charge >= 0.3 is 0 Å². The molecule has 1 aliphatic carbocycles. The topological polar surface area (TPSA) is 113 Å². The van der Waals surface area contributed by atoms with Crippen LogP contribution in [0.3, 0.4) is 0 Å². The summed E-state index contributed by atoms with van der Waals surface area (Å²) in [5, 5.41) is 15.6. The van der Waals surface area contributed by atoms with E-state index in [1.54, 1.807) is 0 Å². The van der Waals surface area contributed by atoms with Crippen molar-refractivity contribution in [1.82, 2.24) is 0 Å². The Morgan fingerprint density at radius 3 is 2.53 bits per heavy atom. The van der Waals surface area contributed by atoms with E-state index < -0.39 is 14.9 Å². The van der Waals surface area contributed by atoms with E-state index in [1.165, 1.54) is 0 Å². The number of hydrogen-bond acceptors (Lipinski definition) is 5. The van der Waals surface area contributed by atoms with Crippen LogP contribution < -0.4 is 9.88 Å². The van der Waals surface area contributed by atoms with E-state index in [-0.39, 0.29) is 22.4 Å². The molecule has 1 fully saturated rings. The van der Waals surface area contributed by atoms with E-state index in [0.717, 1.165) is 31.0 Å². The maximum absolute atomic E-state index is 11.3. The average Bonchev–Trinajstić information content (AvgIpc) is 2.99. The molecule has 7 nitrogen and oxygen atoms in total. The van der Waals surface area contributed by atoms with Gasteiger partial charge in [-0.2, -0.15) is 0 Å². The number of ether oxygens (including phenoxy) is 1. The molecule has 92 valence electrons. The summed E-state index contributed by atoms with van der Waals surface area (Å²) in [6.07, 6.45) is 1.55. The minimum atomic E-state index is -3.94. The highest BCUT2D eigenvalue weighted by atomic mass is 32.2. The summed E-state index contributed by atoms with van der Waals surface area (Å²) in [6.45, 7) is 0. The van der Waals surface area contributed by atoms with Crippen molar-refractivity contribution < 1.29 is 18.1 Å². The second kappa shape index (κ2) is 3.97. The number of nitro groups is 1. The number of rotatable bonds is 4. The van der Waals surface area contributed by atoms with E-state index in [4.69, 9.17) is 9.88 Å². The molecular weight excluding hydrogens is 248 g/mol. The van der Waals surface area contributed by atoms with Crippen LogP contribution in [0.1, 0.15) is 12.8 Å². The van der Waals surface area contributed by atoms with Gasteiger partial charge in [-0.15, -0.1) is 0 Å². The number of benzene rings is 1. The zero-order chi connectivity index (χ0) is 12.6. The van der Waals surface area contributed by atoms with Crippen LogP contribution in [0.15, 0.2) is 23.1 Å². The largest absolute Gasteiger partial charge is 0.489 e. The summed E-state index contributed by atoms with van der Waals surface area (Å²) < 4.78 is 27.8. The first kappa shape index (κ1) is 11.8. The molecule has 17 heavy (non-hydrogen) atoms. The van der Waals surface area contributed by atoms with Crippen molar-refractivity contribution in [3.8, 4) is 5.75 Å². The fourth-order valence-electron chi connectivity index (χ4n) is 1.30. The number of hydrogen-bond donors (Lipinski definition) is 1. The maximum Gasteiger partial charge on any atom is 0.273 e. The lowest BCUT2D eigenvalue weighted by Crippen LogP contribution is -2.14. The normalized spacial score (nSPS) is 15.6. The Kier molecular flexibility index (Phi) is 2.76. The van der Waals surface area contributed by atoms with Crippen LogP contribution in [0.5, 0.6) is 5.75 Å². The van der Waals surface area contributed by atoms with Crippen LogP contribution in [0.25, 0.3) is 0 Å². The van der Waals surface area contributed by atoms with Crippen molar-refractivity contribution in [1.29, 1.82) is 0 Å². The van der Waals surface area contributed by atoms with Gasteiger partial charge in [0.15, 0.2) is 0 Å². The van der Waals surface area contributed by atoms with Crippen molar-refractivity contribution >= 4 is 15.7 Å². The first-order valence-electron chi connectivity index (χ1n) is 4.86. The van der Waals surface area contributed by atoms with Gasteiger partial charge in [-0.25, -0.2) is 13.6 Å². The highest BCUT2D eigenvalue weighted by Gasteiger charge is 2.27. The molecule has 0 spiro atoms. The molecule has 0 unspecified atom stereocenters. The second-order valence-electron chi connectivity index (χ2n) is 3.75. The lowest BCUT2D eigenvalue weighted by atomic mass is 10.3. The molecule has 2 N–H and O–H groups in total. The van der Waals surface area contributed by atoms with Gasteiger partial charge in [0.2, 0.25) is 10.0 Å². The Balaban J connectivity index is 2.47. The molecule has 8 heteroatoms. The number of non-ortho nitro benzene ring substituents is 1. The van der Waals surface area contributed by atoms with Crippen molar-refractivity contribution in [2.75, 3.05) is 0 Å². The summed E-state index contributed by atoms with van der Waals surface area (Å²) in [4.78, 5) is 9.74. The fraction of sp³-hybridized carbons (Fsp3) is 0.333. The molecule has 1 aliphatic rings. The first-order chi connectivity index (χ1) is 7.88. The predicted molar refractivity (Wildman–Crippen MR) is 58.1 cm³/mol. The third-order valence-electron chi connectivity index (χ3n) is 2.26. The van der Waals surface area contributed by atoms with E-state index in [2.05, 4.69) is 0 Å². The third kappa shape index (κ3) is 2.71. The first-order valence-corrected chi connectivity index (χ1v) is 6.40. The molecular formula is C9H10N2O5S. The maximum atomic E-state index is 11.3. The molecule has 0 bridgehead atoms. The van der Waals surface area contributed by atoms with Gasteiger partial charge in [-0.05, 0) is 18.9 Å². The van der Waals surface area contributed by atoms with E-state index in [1.807, 2.05) is 0 Å². The van der Waals surface area contributed by atoms with Crippen LogP contribution >= 0.6 is 0 Å². The van der Waals surface area contributed by atoms with Crippen molar-refractivity contribution in [3.63, 3.8) is 0 Å². The smallest absolute Gasteiger partial charge is 0.273 e. The zero-order valence-corrected chi connectivity index (χ0v) is 9.51. The Bertz CT molecular complexity index is 565. The summed E-state index contributed by atoms with van der Waals surface area (Å²) in [7, 11) is -3.94. The summed E-state index contributed by atoms with van der Waals surface area (Å²) in [5.41, 5.74) is -0.229. The lowest BCUT2D eigenvalue weighted by molar-refractivity contribution is -0.385. The van der Waals surface area contributed by atoms with Gasteiger partial charge in [0, 0.05) is 6.07 Å². The molecule has 2 rings (SSSR count). The molecule has 0 amide bonds. The van der Waals surface area contributed by atoms with Gasteiger partial charge < -0.3 is 4.74 Å². The van der Waals surface area contributed by atoms with E-state index in [9.17, 15) is 18.5 Å². The van der Waals surface area contributed by atoms with Crippen LogP contribution in [-0.4, -0.2) is 19.4 Å². The Morgan fingerprint density at radius 1 is 1.41 bits per heavy atom. The van der Waals surface area contributed by atoms with Gasteiger partial charge in [-0.3, -0.25) is 10.1 Å². The Labute approximate surface area is 97.4 Å². The van der Waals surface area contributed by atoms with E-state index >= 15 is 0 Å². The molecule has 0 heterocycles. The molecule has 0 atom stereocenters. The van der Waals surface area contributed by atoms with Crippen LogP contribution in [0.2, 0.25) is 0 Å². The third-order valence-corrected chi connectivity index (χ3v) is 3.21. The molecule has 1 aromatic carbocycles. The summed E-state index contributed by atoms with van der Waals surface area (Å²) in [6, 6.07) is 3.25. The van der Waals surface area contributed by atoms with Crippen molar-refractivity contribution in [2.24, 2.45) is 5.14 Å². The minimum absolute atomic E-state index is 0.0517. The predicted octanol–water partition coefficient (Wildman–Crippen LogP) is 0.783. The number of nitro benzene ring substituents is 1. The molecule has 1 saturated carbocycles.